The molecule has 2 rings (SSSR count). The highest BCUT2D eigenvalue weighted by Crippen LogP contribution is 2.39. The fraction of sp³-hybridized carbons (Fsp3) is 0.300. The standard InChI is InChI=1S/C10H10BrN3OS/c1-5-4-16-10-13-9(6(2)12)8(11)7(3-15)14(5)10/h4,6H,12H2,1-2H3. The number of allylic oxidation sites excluding steroid dienone is 2. The van der Waals surface area contributed by atoms with Crippen LogP contribution in [0.3, 0.4) is 0 Å². The highest BCUT2D eigenvalue weighted by molar-refractivity contribution is 9.12. The average Bonchev–Trinajstić information content (AvgIpc) is 2.59. The van der Waals surface area contributed by atoms with E-state index in [2.05, 4.69) is 20.9 Å². The zero-order valence-electron chi connectivity index (χ0n) is 8.82. The Balaban J connectivity index is 2.57. The number of amidine groups is 1. The van der Waals surface area contributed by atoms with Crippen molar-refractivity contribution in [1.82, 2.24) is 4.90 Å². The number of rotatable bonds is 1. The minimum Gasteiger partial charge on any atom is -0.323 e. The van der Waals surface area contributed by atoms with E-state index in [4.69, 9.17) is 5.73 Å². The van der Waals surface area contributed by atoms with Gasteiger partial charge in [-0.1, -0.05) is 11.8 Å². The molecule has 0 fully saturated rings. The molecule has 0 aromatic rings. The summed E-state index contributed by atoms with van der Waals surface area (Å²) in [5, 5.41) is 2.70. The number of nitrogens with zero attached hydrogens (tertiary/aromatic N) is 2. The van der Waals surface area contributed by atoms with E-state index in [0.29, 0.717) is 15.9 Å². The summed E-state index contributed by atoms with van der Waals surface area (Å²) >= 11 is 4.84. The van der Waals surface area contributed by atoms with E-state index in [9.17, 15) is 4.79 Å². The van der Waals surface area contributed by atoms with Gasteiger partial charge in [-0.3, -0.25) is 4.90 Å². The normalized spacial score (nSPS) is 21.5. The Morgan fingerprint density at radius 2 is 2.38 bits per heavy atom. The van der Waals surface area contributed by atoms with Gasteiger partial charge < -0.3 is 5.73 Å². The summed E-state index contributed by atoms with van der Waals surface area (Å²) in [5.41, 5.74) is 7.89. The lowest BCUT2D eigenvalue weighted by molar-refractivity contribution is 0.556. The predicted molar refractivity (Wildman–Crippen MR) is 69.4 cm³/mol. The summed E-state index contributed by atoms with van der Waals surface area (Å²) in [7, 11) is 0. The molecule has 84 valence electrons. The van der Waals surface area contributed by atoms with Gasteiger partial charge in [0.05, 0.1) is 10.2 Å². The molecule has 6 heteroatoms. The molecule has 0 spiro atoms. The van der Waals surface area contributed by atoms with Gasteiger partial charge in [0.15, 0.2) is 11.1 Å². The van der Waals surface area contributed by atoms with Crippen LogP contribution in [0.2, 0.25) is 0 Å². The molecule has 0 saturated heterocycles. The minimum atomic E-state index is -0.228. The monoisotopic (exact) mass is 299 g/mol. The third-order valence-corrected chi connectivity index (χ3v) is 4.00. The first-order chi connectivity index (χ1) is 7.56. The Morgan fingerprint density at radius 3 is 2.94 bits per heavy atom. The van der Waals surface area contributed by atoms with Crippen molar-refractivity contribution in [2.45, 2.75) is 19.9 Å². The molecule has 2 aliphatic heterocycles. The van der Waals surface area contributed by atoms with Crippen LogP contribution in [0.25, 0.3) is 0 Å². The summed E-state index contributed by atoms with van der Waals surface area (Å²) in [4.78, 5) is 17.2. The Hall–Kier alpha value is -0.810. The molecule has 0 aliphatic carbocycles. The molecule has 2 heterocycles. The van der Waals surface area contributed by atoms with Crippen LogP contribution in [0.5, 0.6) is 0 Å². The number of hydrogen-bond donors (Lipinski definition) is 1. The predicted octanol–water partition coefficient (Wildman–Crippen LogP) is 1.94. The van der Waals surface area contributed by atoms with Crippen molar-refractivity contribution < 1.29 is 4.79 Å². The van der Waals surface area contributed by atoms with Crippen molar-refractivity contribution in [1.29, 1.82) is 0 Å². The third kappa shape index (κ3) is 1.68. The number of carbonyl (C=O) groups excluding carboxylic acids is 1. The van der Waals surface area contributed by atoms with Gasteiger partial charge in [-0.05, 0) is 35.2 Å². The molecule has 16 heavy (non-hydrogen) atoms. The molecule has 2 N–H and O–H groups in total. The molecule has 0 aromatic carbocycles. The van der Waals surface area contributed by atoms with Crippen molar-refractivity contribution in [3.8, 4) is 0 Å². The summed E-state index contributed by atoms with van der Waals surface area (Å²) in [6.45, 7) is 3.75. The van der Waals surface area contributed by atoms with Crippen LogP contribution in [-0.2, 0) is 4.79 Å². The molecule has 0 amide bonds. The first kappa shape index (κ1) is 11.7. The van der Waals surface area contributed by atoms with Crippen molar-refractivity contribution in [2.24, 2.45) is 10.7 Å². The maximum absolute atomic E-state index is 11.0. The number of halogens is 1. The van der Waals surface area contributed by atoms with E-state index in [1.54, 1.807) is 4.90 Å². The third-order valence-electron chi connectivity index (χ3n) is 2.28. The Kier molecular flexibility index (Phi) is 3.08. The van der Waals surface area contributed by atoms with E-state index >= 15 is 0 Å². The summed E-state index contributed by atoms with van der Waals surface area (Å²) in [5.74, 6) is 1.94. The van der Waals surface area contributed by atoms with Crippen molar-refractivity contribution in [3.63, 3.8) is 0 Å². The van der Waals surface area contributed by atoms with Gasteiger partial charge in [-0.15, -0.1) is 0 Å². The van der Waals surface area contributed by atoms with Crippen LogP contribution < -0.4 is 5.73 Å². The first-order valence-electron chi connectivity index (χ1n) is 4.69. The number of aliphatic imine (C=N–C) groups is 1. The van der Waals surface area contributed by atoms with Crippen molar-refractivity contribution in [2.75, 3.05) is 0 Å². The van der Waals surface area contributed by atoms with Gasteiger partial charge in [0, 0.05) is 11.7 Å². The van der Waals surface area contributed by atoms with Gasteiger partial charge >= 0.3 is 0 Å². The van der Waals surface area contributed by atoms with E-state index in [1.807, 2.05) is 25.2 Å². The summed E-state index contributed by atoms with van der Waals surface area (Å²) in [6, 6.07) is -0.228. The SMILES string of the molecule is CC1=CSC2=NC(C(C)N)=C(Br)C(=C=O)N12. The Morgan fingerprint density at radius 1 is 1.69 bits per heavy atom. The lowest BCUT2D eigenvalue weighted by Crippen LogP contribution is -2.30. The summed E-state index contributed by atoms with van der Waals surface area (Å²) < 4.78 is 0.622. The van der Waals surface area contributed by atoms with Gasteiger partial charge in [-0.2, -0.15) is 0 Å². The van der Waals surface area contributed by atoms with Gasteiger partial charge in [0.1, 0.15) is 5.70 Å². The maximum atomic E-state index is 11.0. The quantitative estimate of drug-likeness (QED) is 0.752. The molecule has 0 saturated carbocycles. The second-order valence-corrected chi connectivity index (χ2v) is 5.17. The van der Waals surface area contributed by atoms with Crippen molar-refractivity contribution in [3.05, 3.63) is 27.0 Å². The van der Waals surface area contributed by atoms with Crippen molar-refractivity contribution >= 4 is 38.8 Å². The van der Waals surface area contributed by atoms with Crippen LogP contribution in [0, 0.1) is 0 Å². The molecule has 4 nitrogen and oxygen atoms in total. The highest BCUT2D eigenvalue weighted by atomic mass is 79.9. The zero-order valence-corrected chi connectivity index (χ0v) is 11.2. The van der Waals surface area contributed by atoms with Crippen LogP contribution in [-0.4, -0.2) is 22.1 Å². The van der Waals surface area contributed by atoms with Crippen LogP contribution in [0.1, 0.15) is 13.8 Å². The molecule has 0 bridgehead atoms. The lowest BCUT2D eigenvalue weighted by atomic mass is 10.2. The van der Waals surface area contributed by atoms with Gasteiger partial charge in [0.2, 0.25) is 0 Å². The van der Waals surface area contributed by atoms with Crippen LogP contribution >= 0.6 is 27.7 Å². The zero-order chi connectivity index (χ0) is 11.9. The molecule has 0 aromatic heterocycles. The number of hydrogen-bond acceptors (Lipinski definition) is 5. The second kappa shape index (κ2) is 4.22. The van der Waals surface area contributed by atoms with Gasteiger partial charge in [0.25, 0.3) is 0 Å². The molecular weight excluding hydrogens is 290 g/mol. The Labute approximate surface area is 106 Å². The fourth-order valence-corrected chi connectivity index (χ4v) is 3.09. The second-order valence-electron chi connectivity index (χ2n) is 3.55. The molecule has 2 aliphatic rings. The highest BCUT2D eigenvalue weighted by Gasteiger charge is 2.32. The largest absolute Gasteiger partial charge is 0.323 e. The van der Waals surface area contributed by atoms with Gasteiger partial charge in [-0.25, -0.2) is 9.79 Å². The van der Waals surface area contributed by atoms with E-state index in [1.165, 1.54) is 11.8 Å². The molecular formula is C10H10BrN3OS. The minimum absolute atomic E-state index is 0.228. The van der Waals surface area contributed by atoms with E-state index in [-0.39, 0.29) is 6.04 Å². The van der Waals surface area contributed by atoms with Crippen LogP contribution in [0.15, 0.2) is 32.0 Å². The molecule has 1 atom stereocenters. The Bertz CT molecular complexity index is 486. The van der Waals surface area contributed by atoms with E-state index < -0.39 is 0 Å². The van der Waals surface area contributed by atoms with E-state index in [0.717, 1.165) is 10.9 Å². The smallest absolute Gasteiger partial charge is 0.178 e. The number of thioether (sulfide) groups is 1. The average molecular weight is 300 g/mol. The van der Waals surface area contributed by atoms with Crippen LogP contribution in [0.4, 0.5) is 0 Å². The summed E-state index contributed by atoms with van der Waals surface area (Å²) in [6.07, 6.45) is 0. The maximum Gasteiger partial charge on any atom is 0.178 e. The molecule has 1 unspecified atom stereocenters. The topological polar surface area (TPSA) is 58.7 Å². The first-order valence-corrected chi connectivity index (χ1v) is 6.36. The number of nitrogens with two attached hydrogens (primary N) is 1. The lowest BCUT2D eigenvalue weighted by Gasteiger charge is -2.26. The molecule has 0 radical (unpaired) electrons. The number of fused-ring (bicyclic) bond motifs is 1. The fourth-order valence-electron chi connectivity index (χ4n) is 1.51.